The van der Waals surface area contributed by atoms with Crippen molar-refractivity contribution in [3.05, 3.63) is 77.8 Å². The molecule has 3 aromatic rings. The van der Waals surface area contributed by atoms with E-state index in [1.807, 2.05) is 6.07 Å². The van der Waals surface area contributed by atoms with Gasteiger partial charge in [0.05, 0.1) is 0 Å². The minimum absolute atomic E-state index is 0.0323. The molecule has 1 aliphatic rings. The molecule has 2 N–H and O–H groups in total. The number of hydrogen-bond donors (Lipinski definition) is 2. The summed E-state index contributed by atoms with van der Waals surface area (Å²) >= 11 is 0. The van der Waals surface area contributed by atoms with Crippen LogP contribution in [-0.4, -0.2) is 28.9 Å². The Labute approximate surface area is 208 Å². The van der Waals surface area contributed by atoms with Gasteiger partial charge in [0, 0.05) is 30.6 Å². The molecule has 188 valence electrons. The summed E-state index contributed by atoms with van der Waals surface area (Å²) in [4.78, 5) is 40.9. The molecule has 1 aromatic heterocycles. The summed E-state index contributed by atoms with van der Waals surface area (Å²) < 4.78 is 19.2. The first-order valence-electron chi connectivity index (χ1n) is 12.1. The molecule has 1 aliphatic carbocycles. The number of rotatable bonds is 9. The molecule has 0 aliphatic heterocycles. The van der Waals surface area contributed by atoms with Gasteiger partial charge in [0.2, 0.25) is 17.7 Å². The van der Waals surface area contributed by atoms with Crippen LogP contribution in [-0.2, 0) is 14.4 Å². The Hall–Kier alpha value is -4.01. The fraction of sp³-hybridized carbons (Fsp3) is 0.333. The molecule has 0 spiro atoms. The number of benzene rings is 2. The van der Waals surface area contributed by atoms with Crippen LogP contribution in [0.15, 0.2) is 65.2 Å². The first kappa shape index (κ1) is 25.1. The maximum atomic E-state index is 14.2. The zero-order chi connectivity index (χ0) is 25.5. The lowest BCUT2D eigenvalue weighted by molar-refractivity contribution is -0.127. The molecule has 1 fully saturated rings. The molecule has 1 heterocycles. The monoisotopic (exact) mass is 492 g/mol. The summed E-state index contributed by atoms with van der Waals surface area (Å²) in [6.45, 7) is 1.70. The number of halogens is 1. The Morgan fingerprint density at radius 3 is 2.47 bits per heavy atom. The van der Waals surface area contributed by atoms with Crippen LogP contribution in [0.4, 0.5) is 15.9 Å². The molecule has 8 nitrogen and oxygen atoms in total. The topological polar surface area (TPSA) is 105 Å². The van der Waals surface area contributed by atoms with Gasteiger partial charge in [0.15, 0.2) is 5.82 Å². The fourth-order valence-corrected chi connectivity index (χ4v) is 4.44. The first-order valence-corrected chi connectivity index (χ1v) is 12.1. The first-order chi connectivity index (χ1) is 17.4. The number of aromatic nitrogens is 1. The van der Waals surface area contributed by atoms with E-state index in [4.69, 9.17) is 4.52 Å². The van der Waals surface area contributed by atoms with E-state index in [1.54, 1.807) is 43.3 Å². The quantitative estimate of drug-likeness (QED) is 0.452. The summed E-state index contributed by atoms with van der Waals surface area (Å²) in [7, 11) is 0. The van der Waals surface area contributed by atoms with Crippen LogP contribution in [0.25, 0.3) is 0 Å². The summed E-state index contributed by atoms with van der Waals surface area (Å²) in [5.74, 6) is -0.992. The van der Waals surface area contributed by atoms with E-state index in [9.17, 15) is 18.8 Å². The van der Waals surface area contributed by atoms with Crippen LogP contribution < -0.4 is 15.5 Å². The van der Waals surface area contributed by atoms with Crippen molar-refractivity contribution in [3.63, 3.8) is 0 Å². The van der Waals surface area contributed by atoms with Crippen molar-refractivity contribution in [1.82, 2.24) is 10.5 Å². The second-order valence-electron chi connectivity index (χ2n) is 8.92. The lowest BCUT2D eigenvalue weighted by Crippen LogP contribution is -2.46. The highest BCUT2D eigenvalue weighted by molar-refractivity contribution is 6.03. The fourth-order valence-electron chi connectivity index (χ4n) is 4.44. The lowest BCUT2D eigenvalue weighted by atomic mass is 10.0. The smallest absolute Gasteiger partial charge is 0.248 e. The van der Waals surface area contributed by atoms with Crippen molar-refractivity contribution in [3.8, 4) is 0 Å². The number of nitrogens with zero attached hydrogens (tertiary/aromatic N) is 2. The number of amides is 3. The summed E-state index contributed by atoms with van der Waals surface area (Å²) in [6, 6.07) is 15.0. The highest BCUT2D eigenvalue weighted by Crippen LogP contribution is 2.30. The zero-order valence-corrected chi connectivity index (χ0v) is 20.1. The van der Waals surface area contributed by atoms with E-state index in [1.165, 1.54) is 23.1 Å². The highest BCUT2D eigenvalue weighted by atomic mass is 19.1. The Balaban J connectivity index is 1.60. The normalized spacial score (nSPS) is 14.3. The SMILES string of the molecule is Cc1cc(NC(=O)CCC(=O)N(c2cccc(F)c2)[C@@H](C(=O)NC2CCCC2)c2ccccc2)no1. The molecule has 4 rings (SSSR count). The summed E-state index contributed by atoms with van der Waals surface area (Å²) in [6.07, 6.45) is 3.48. The minimum Gasteiger partial charge on any atom is -0.360 e. The number of carbonyl (C=O) groups excluding carboxylic acids is 3. The molecule has 0 radical (unpaired) electrons. The van der Waals surface area contributed by atoms with E-state index in [0.29, 0.717) is 11.3 Å². The molecule has 0 bridgehead atoms. The van der Waals surface area contributed by atoms with Gasteiger partial charge < -0.3 is 15.2 Å². The third kappa shape index (κ3) is 6.35. The van der Waals surface area contributed by atoms with Gasteiger partial charge in [-0.3, -0.25) is 19.3 Å². The van der Waals surface area contributed by atoms with E-state index >= 15 is 0 Å². The molecule has 0 unspecified atom stereocenters. The highest BCUT2D eigenvalue weighted by Gasteiger charge is 2.34. The van der Waals surface area contributed by atoms with Crippen LogP contribution >= 0.6 is 0 Å². The van der Waals surface area contributed by atoms with Gasteiger partial charge in [-0.05, 0) is 43.5 Å². The van der Waals surface area contributed by atoms with Gasteiger partial charge in [-0.2, -0.15) is 0 Å². The predicted octanol–water partition coefficient (Wildman–Crippen LogP) is 4.67. The van der Waals surface area contributed by atoms with Crippen LogP contribution in [0.5, 0.6) is 0 Å². The van der Waals surface area contributed by atoms with Crippen LogP contribution in [0.2, 0.25) is 0 Å². The van der Waals surface area contributed by atoms with Gasteiger partial charge in [0.25, 0.3) is 0 Å². The Bertz CT molecular complexity index is 1210. The molecule has 1 atom stereocenters. The lowest BCUT2D eigenvalue weighted by Gasteiger charge is -2.32. The minimum atomic E-state index is -1.03. The standard InChI is InChI=1S/C27H29FN4O4/c1-18-16-23(31-36-18)30-24(33)14-15-25(34)32(22-13-7-10-20(28)17-22)26(19-8-3-2-4-9-19)27(35)29-21-11-5-6-12-21/h2-4,7-10,13,16-17,21,26H,5-6,11-12,14-15H2,1H3,(H,29,35)(H,30,31,33)/t26-/m1/s1. The second-order valence-corrected chi connectivity index (χ2v) is 8.92. The molecule has 1 saturated carbocycles. The van der Waals surface area contributed by atoms with Gasteiger partial charge in [-0.25, -0.2) is 4.39 Å². The average molecular weight is 493 g/mol. The van der Waals surface area contributed by atoms with Gasteiger partial charge in [-0.1, -0.05) is 54.4 Å². The number of aryl methyl sites for hydroxylation is 1. The van der Waals surface area contributed by atoms with Crippen molar-refractivity contribution in [2.75, 3.05) is 10.2 Å². The second kappa shape index (κ2) is 11.6. The maximum Gasteiger partial charge on any atom is 0.248 e. The molecule has 36 heavy (non-hydrogen) atoms. The molecule has 2 aromatic carbocycles. The number of anilines is 2. The van der Waals surface area contributed by atoms with Crippen LogP contribution in [0.3, 0.4) is 0 Å². The predicted molar refractivity (Wildman–Crippen MR) is 133 cm³/mol. The van der Waals surface area contributed by atoms with Gasteiger partial charge in [-0.15, -0.1) is 0 Å². The van der Waals surface area contributed by atoms with Crippen molar-refractivity contribution >= 4 is 29.2 Å². The van der Waals surface area contributed by atoms with Crippen molar-refractivity contribution < 1.29 is 23.3 Å². The van der Waals surface area contributed by atoms with E-state index < -0.39 is 23.7 Å². The maximum absolute atomic E-state index is 14.2. The molecule has 3 amide bonds. The zero-order valence-electron chi connectivity index (χ0n) is 20.1. The Morgan fingerprint density at radius 1 is 1.06 bits per heavy atom. The third-order valence-electron chi connectivity index (χ3n) is 6.14. The van der Waals surface area contributed by atoms with Crippen molar-refractivity contribution in [1.29, 1.82) is 0 Å². The average Bonchev–Trinajstić information content (AvgIpc) is 3.52. The largest absolute Gasteiger partial charge is 0.360 e. The summed E-state index contributed by atoms with van der Waals surface area (Å²) in [5.41, 5.74) is 0.830. The Morgan fingerprint density at radius 2 is 1.81 bits per heavy atom. The van der Waals surface area contributed by atoms with Crippen molar-refractivity contribution in [2.24, 2.45) is 0 Å². The van der Waals surface area contributed by atoms with Crippen LogP contribution in [0, 0.1) is 12.7 Å². The molecule has 0 saturated heterocycles. The summed E-state index contributed by atoms with van der Waals surface area (Å²) in [5, 5.41) is 9.37. The van der Waals surface area contributed by atoms with Gasteiger partial charge >= 0.3 is 0 Å². The van der Waals surface area contributed by atoms with Crippen LogP contribution in [0.1, 0.15) is 55.9 Å². The molecular formula is C27H29FN4O4. The van der Waals surface area contributed by atoms with E-state index in [2.05, 4.69) is 15.8 Å². The molecular weight excluding hydrogens is 463 g/mol. The van der Waals surface area contributed by atoms with E-state index in [0.717, 1.165) is 25.7 Å². The van der Waals surface area contributed by atoms with Gasteiger partial charge in [0.1, 0.15) is 17.6 Å². The molecule has 9 heteroatoms. The van der Waals surface area contributed by atoms with E-state index in [-0.39, 0.29) is 36.3 Å². The number of nitrogens with one attached hydrogen (secondary N) is 2. The third-order valence-corrected chi connectivity index (χ3v) is 6.14. The number of hydrogen-bond acceptors (Lipinski definition) is 5. The Kier molecular flexibility index (Phi) is 8.10. The number of carbonyl (C=O) groups is 3. The van der Waals surface area contributed by atoms with Crippen molar-refractivity contribution in [2.45, 2.75) is 57.5 Å².